The predicted octanol–water partition coefficient (Wildman–Crippen LogP) is 2.24. The molecule has 28 heavy (non-hydrogen) atoms. The first kappa shape index (κ1) is 25.9. The summed E-state index contributed by atoms with van der Waals surface area (Å²) >= 11 is 0. The first-order valence-electron chi connectivity index (χ1n) is 10.7. The van der Waals surface area contributed by atoms with Gasteiger partial charge in [-0.3, -0.25) is 4.99 Å². The van der Waals surface area contributed by atoms with Gasteiger partial charge < -0.3 is 15.5 Å². The number of sulfonamides is 1. The number of piperidine rings is 1. The van der Waals surface area contributed by atoms with Crippen LogP contribution in [0.2, 0.25) is 0 Å². The molecular weight excluding hydrogens is 489 g/mol. The number of nitrogens with one attached hydrogen (secondary N) is 2. The molecule has 1 saturated heterocycles. The van der Waals surface area contributed by atoms with Crippen molar-refractivity contribution in [2.45, 2.75) is 70.9 Å². The molecule has 0 atom stereocenters. The van der Waals surface area contributed by atoms with Gasteiger partial charge in [0, 0.05) is 51.9 Å². The molecular formula is C19H40IN5O2S. The summed E-state index contributed by atoms with van der Waals surface area (Å²) in [7, 11) is -1.46. The molecule has 0 unspecified atom stereocenters. The Kier molecular flexibility index (Phi) is 12.2. The van der Waals surface area contributed by atoms with Crippen molar-refractivity contribution in [3.8, 4) is 0 Å². The average molecular weight is 530 g/mol. The molecule has 0 spiro atoms. The molecule has 0 amide bonds. The van der Waals surface area contributed by atoms with Gasteiger partial charge in [0.15, 0.2) is 5.96 Å². The highest BCUT2D eigenvalue weighted by Gasteiger charge is 2.26. The first-order chi connectivity index (χ1) is 13.0. The molecule has 0 bridgehead atoms. The molecule has 1 aliphatic carbocycles. The maximum Gasteiger partial charge on any atom is 0.215 e. The number of aliphatic imine (C=N–C) groups is 1. The average Bonchev–Trinajstić information content (AvgIpc) is 2.69. The minimum Gasteiger partial charge on any atom is -0.355 e. The molecule has 0 radical (unpaired) electrons. The van der Waals surface area contributed by atoms with Crippen molar-refractivity contribution >= 4 is 40.0 Å². The standard InChI is InChI=1S/C19H39N5O2S.HI/c1-4-24(5-2)27(25,26)16-13-21-19(20-3)22-17-11-14-23(15-12-17)18-9-7-6-8-10-18;/h17-18H,4-16H2,1-3H3,(H2,20,21,22);1H. The summed E-state index contributed by atoms with van der Waals surface area (Å²) in [6.07, 6.45) is 9.14. The lowest BCUT2D eigenvalue weighted by molar-refractivity contribution is 0.119. The monoisotopic (exact) mass is 529 g/mol. The minimum atomic E-state index is -3.20. The topological polar surface area (TPSA) is 77.0 Å². The van der Waals surface area contributed by atoms with Crippen LogP contribution in [0.4, 0.5) is 0 Å². The normalized spacial score (nSPS) is 20.8. The Balaban J connectivity index is 0.00000392. The Hall–Kier alpha value is -0.130. The maximum absolute atomic E-state index is 12.3. The highest BCUT2D eigenvalue weighted by molar-refractivity contribution is 14.0. The maximum atomic E-state index is 12.3. The molecule has 1 saturated carbocycles. The van der Waals surface area contributed by atoms with Crippen molar-refractivity contribution in [2.24, 2.45) is 4.99 Å². The fourth-order valence-electron chi connectivity index (χ4n) is 4.29. The summed E-state index contributed by atoms with van der Waals surface area (Å²) in [6.45, 7) is 7.45. The Morgan fingerprint density at radius 1 is 1.07 bits per heavy atom. The number of likely N-dealkylation sites (tertiary alicyclic amines) is 1. The quantitative estimate of drug-likeness (QED) is 0.287. The second-order valence-corrected chi connectivity index (χ2v) is 9.73. The first-order valence-corrected chi connectivity index (χ1v) is 12.3. The number of hydrogen-bond acceptors (Lipinski definition) is 4. The molecule has 0 aromatic heterocycles. The zero-order valence-corrected chi connectivity index (χ0v) is 21.0. The van der Waals surface area contributed by atoms with Crippen molar-refractivity contribution in [3.05, 3.63) is 0 Å². The van der Waals surface area contributed by atoms with Crippen LogP contribution in [-0.2, 0) is 10.0 Å². The van der Waals surface area contributed by atoms with Crippen LogP contribution in [-0.4, -0.2) is 81.2 Å². The molecule has 1 aliphatic heterocycles. The number of halogens is 1. The van der Waals surface area contributed by atoms with E-state index >= 15 is 0 Å². The Bertz CT molecular complexity index is 555. The largest absolute Gasteiger partial charge is 0.355 e. The van der Waals surface area contributed by atoms with Crippen LogP contribution in [0, 0.1) is 0 Å². The predicted molar refractivity (Wildman–Crippen MR) is 128 cm³/mol. The van der Waals surface area contributed by atoms with Crippen molar-refractivity contribution in [1.29, 1.82) is 0 Å². The zero-order valence-electron chi connectivity index (χ0n) is 17.8. The second-order valence-electron chi connectivity index (χ2n) is 7.65. The number of rotatable bonds is 8. The second kappa shape index (κ2) is 13.2. The number of guanidine groups is 1. The SMILES string of the molecule is CCN(CC)S(=O)(=O)CCNC(=NC)NC1CCN(C2CCCCC2)CC1.I. The van der Waals surface area contributed by atoms with Gasteiger partial charge in [-0.1, -0.05) is 33.1 Å². The van der Waals surface area contributed by atoms with Crippen LogP contribution in [0.25, 0.3) is 0 Å². The summed E-state index contributed by atoms with van der Waals surface area (Å²) in [4.78, 5) is 6.94. The van der Waals surface area contributed by atoms with Gasteiger partial charge in [-0.05, 0) is 25.7 Å². The lowest BCUT2D eigenvalue weighted by Gasteiger charge is -2.39. The van der Waals surface area contributed by atoms with Gasteiger partial charge >= 0.3 is 0 Å². The van der Waals surface area contributed by atoms with Crippen molar-refractivity contribution in [3.63, 3.8) is 0 Å². The third-order valence-electron chi connectivity index (χ3n) is 5.94. The van der Waals surface area contributed by atoms with E-state index in [9.17, 15) is 8.42 Å². The van der Waals surface area contributed by atoms with E-state index < -0.39 is 10.0 Å². The van der Waals surface area contributed by atoms with E-state index in [-0.39, 0.29) is 29.7 Å². The van der Waals surface area contributed by atoms with Gasteiger partial charge in [0.25, 0.3) is 0 Å². The summed E-state index contributed by atoms with van der Waals surface area (Å²) in [5, 5.41) is 6.65. The van der Waals surface area contributed by atoms with Crippen molar-refractivity contribution in [2.75, 3.05) is 45.5 Å². The highest BCUT2D eigenvalue weighted by atomic mass is 127. The van der Waals surface area contributed by atoms with E-state index in [0.717, 1.165) is 32.0 Å². The van der Waals surface area contributed by atoms with Gasteiger partial charge in [-0.15, -0.1) is 24.0 Å². The molecule has 0 aromatic carbocycles. The Morgan fingerprint density at radius 2 is 1.68 bits per heavy atom. The van der Waals surface area contributed by atoms with Crippen molar-refractivity contribution < 1.29 is 8.42 Å². The van der Waals surface area contributed by atoms with Gasteiger partial charge in [-0.2, -0.15) is 0 Å². The molecule has 0 aromatic rings. The van der Waals surface area contributed by atoms with Crippen LogP contribution in [0.1, 0.15) is 58.8 Å². The molecule has 2 rings (SSSR count). The van der Waals surface area contributed by atoms with Crippen LogP contribution in [0.5, 0.6) is 0 Å². The third-order valence-corrected chi connectivity index (χ3v) is 7.96. The van der Waals surface area contributed by atoms with Crippen LogP contribution >= 0.6 is 24.0 Å². The van der Waals surface area contributed by atoms with Gasteiger partial charge in [0.1, 0.15) is 0 Å². The zero-order chi connectivity index (χ0) is 19.7. The molecule has 166 valence electrons. The molecule has 2 fully saturated rings. The molecule has 2 aliphatic rings. The van der Waals surface area contributed by atoms with Gasteiger partial charge in [0.2, 0.25) is 10.0 Å². The van der Waals surface area contributed by atoms with Gasteiger partial charge in [-0.25, -0.2) is 12.7 Å². The molecule has 2 N–H and O–H groups in total. The number of hydrogen-bond donors (Lipinski definition) is 2. The van der Waals surface area contributed by atoms with Crippen LogP contribution in [0.15, 0.2) is 4.99 Å². The lowest BCUT2D eigenvalue weighted by Crippen LogP contribution is -2.51. The van der Waals surface area contributed by atoms with Crippen LogP contribution < -0.4 is 10.6 Å². The van der Waals surface area contributed by atoms with E-state index in [1.54, 1.807) is 7.05 Å². The summed E-state index contributed by atoms with van der Waals surface area (Å²) < 4.78 is 26.0. The smallest absolute Gasteiger partial charge is 0.215 e. The lowest BCUT2D eigenvalue weighted by atomic mass is 9.92. The molecule has 7 nitrogen and oxygen atoms in total. The molecule has 9 heteroatoms. The number of nitrogens with zero attached hydrogens (tertiary/aromatic N) is 3. The Morgan fingerprint density at radius 3 is 2.21 bits per heavy atom. The van der Waals surface area contributed by atoms with E-state index in [1.807, 2.05) is 13.8 Å². The summed E-state index contributed by atoms with van der Waals surface area (Å²) in [5.41, 5.74) is 0. The van der Waals surface area contributed by atoms with Crippen LogP contribution in [0.3, 0.4) is 0 Å². The summed E-state index contributed by atoms with van der Waals surface area (Å²) in [6, 6.07) is 1.21. The van der Waals surface area contributed by atoms with Gasteiger partial charge in [0.05, 0.1) is 5.75 Å². The fourth-order valence-corrected chi connectivity index (χ4v) is 5.69. The fraction of sp³-hybridized carbons (Fsp3) is 0.947. The summed E-state index contributed by atoms with van der Waals surface area (Å²) in [5.74, 6) is 0.802. The van der Waals surface area contributed by atoms with Crippen molar-refractivity contribution in [1.82, 2.24) is 19.8 Å². The van der Waals surface area contributed by atoms with E-state index in [2.05, 4.69) is 20.5 Å². The van der Waals surface area contributed by atoms with E-state index in [4.69, 9.17) is 0 Å². The highest BCUT2D eigenvalue weighted by Crippen LogP contribution is 2.25. The third kappa shape index (κ3) is 7.95. The Labute approximate surface area is 189 Å². The molecule has 1 heterocycles. The minimum absolute atomic E-state index is 0. The van der Waals surface area contributed by atoms with E-state index in [0.29, 0.717) is 31.6 Å². The van der Waals surface area contributed by atoms with E-state index in [1.165, 1.54) is 36.4 Å².